The average Bonchev–Trinajstić information content (AvgIpc) is 3.04. The molecule has 1 atom stereocenters. The molecule has 1 fully saturated rings. The maximum atomic E-state index is 12.2. The normalized spacial score (nSPS) is 23.0. The number of aryl methyl sites for hydroxylation is 1. The van der Waals surface area contributed by atoms with Gasteiger partial charge in [0.2, 0.25) is 0 Å². The van der Waals surface area contributed by atoms with Crippen molar-refractivity contribution < 1.29 is 4.79 Å². The fourth-order valence-corrected chi connectivity index (χ4v) is 2.90. The zero-order chi connectivity index (χ0) is 13.6. The topological polar surface area (TPSA) is 57.8 Å². The van der Waals surface area contributed by atoms with Gasteiger partial charge in [0, 0.05) is 17.3 Å². The molecule has 2 aliphatic rings. The van der Waals surface area contributed by atoms with Gasteiger partial charge in [-0.05, 0) is 43.4 Å². The maximum Gasteiger partial charge on any atom is 0.272 e. The Morgan fingerprint density at radius 2 is 2.05 bits per heavy atom. The van der Waals surface area contributed by atoms with Gasteiger partial charge in [0.25, 0.3) is 5.91 Å². The van der Waals surface area contributed by atoms with Crippen molar-refractivity contribution in [2.24, 2.45) is 11.3 Å². The molecular formula is C15H23N3O. The first-order chi connectivity index (χ1) is 8.95. The SMILES string of the molecule is CC(C)(C)[C@@H]1CCc2[nH]nc(C(=O)NC3CC3)c2C1. The molecule has 4 heteroatoms. The van der Waals surface area contributed by atoms with E-state index in [2.05, 4.69) is 36.3 Å². The van der Waals surface area contributed by atoms with Crippen LogP contribution < -0.4 is 5.32 Å². The molecule has 0 aromatic carbocycles. The number of aromatic nitrogens is 2. The Morgan fingerprint density at radius 3 is 2.68 bits per heavy atom. The van der Waals surface area contributed by atoms with Gasteiger partial charge in [-0.3, -0.25) is 9.89 Å². The molecule has 0 radical (unpaired) electrons. The van der Waals surface area contributed by atoms with E-state index < -0.39 is 0 Å². The first-order valence-corrected chi connectivity index (χ1v) is 7.32. The third kappa shape index (κ3) is 2.53. The van der Waals surface area contributed by atoms with Gasteiger partial charge in [0.15, 0.2) is 5.69 Å². The predicted molar refractivity (Wildman–Crippen MR) is 74.0 cm³/mol. The lowest BCUT2D eigenvalue weighted by molar-refractivity contribution is 0.0944. The summed E-state index contributed by atoms with van der Waals surface area (Å²) < 4.78 is 0. The summed E-state index contributed by atoms with van der Waals surface area (Å²) in [5.41, 5.74) is 3.25. The summed E-state index contributed by atoms with van der Waals surface area (Å²) in [6.07, 6.45) is 5.40. The fourth-order valence-electron chi connectivity index (χ4n) is 2.90. The number of amides is 1. The van der Waals surface area contributed by atoms with Crippen LogP contribution in [0.3, 0.4) is 0 Å². The number of carbonyl (C=O) groups excluding carboxylic acids is 1. The Kier molecular flexibility index (Phi) is 2.91. The molecule has 19 heavy (non-hydrogen) atoms. The minimum Gasteiger partial charge on any atom is -0.348 e. The van der Waals surface area contributed by atoms with Crippen molar-refractivity contribution in [1.82, 2.24) is 15.5 Å². The molecule has 2 N–H and O–H groups in total. The number of aromatic amines is 1. The Balaban J connectivity index is 1.81. The first-order valence-electron chi connectivity index (χ1n) is 7.32. The highest BCUT2D eigenvalue weighted by molar-refractivity contribution is 5.94. The molecule has 0 unspecified atom stereocenters. The lowest BCUT2D eigenvalue weighted by atomic mass is 9.71. The molecule has 1 amide bonds. The van der Waals surface area contributed by atoms with Crippen LogP contribution in [-0.4, -0.2) is 22.1 Å². The van der Waals surface area contributed by atoms with E-state index in [-0.39, 0.29) is 5.91 Å². The van der Waals surface area contributed by atoms with Crippen molar-refractivity contribution in [3.63, 3.8) is 0 Å². The molecular weight excluding hydrogens is 238 g/mol. The highest BCUT2D eigenvalue weighted by Crippen LogP contribution is 2.37. The van der Waals surface area contributed by atoms with Gasteiger partial charge in [-0.15, -0.1) is 0 Å². The number of H-pyrrole nitrogens is 1. The maximum absolute atomic E-state index is 12.2. The van der Waals surface area contributed by atoms with Gasteiger partial charge >= 0.3 is 0 Å². The van der Waals surface area contributed by atoms with Crippen molar-refractivity contribution in [3.8, 4) is 0 Å². The van der Waals surface area contributed by atoms with E-state index in [1.165, 1.54) is 12.1 Å². The summed E-state index contributed by atoms with van der Waals surface area (Å²) in [5, 5.41) is 10.4. The van der Waals surface area contributed by atoms with E-state index >= 15 is 0 Å². The Morgan fingerprint density at radius 1 is 1.32 bits per heavy atom. The molecule has 1 aromatic heterocycles. The highest BCUT2D eigenvalue weighted by atomic mass is 16.2. The molecule has 4 nitrogen and oxygen atoms in total. The zero-order valence-corrected chi connectivity index (χ0v) is 12.0. The van der Waals surface area contributed by atoms with Crippen molar-refractivity contribution in [3.05, 3.63) is 17.0 Å². The first kappa shape index (κ1) is 12.7. The Labute approximate surface area is 114 Å². The molecule has 0 saturated heterocycles. The molecule has 1 heterocycles. The minimum atomic E-state index is 0.00885. The van der Waals surface area contributed by atoms with Gasteiger partial charge in [0.1, 0.15) is 0 Å². The average molecular weight is 261 g/mol. The van der Waals surface area contributed by atoms with Crippen LogP contribution in [0.15, 0.2) is 0 Å². The molecule has 0 aliphatic heterocycles. The van der Waals surface area contributed by atoms with E-state index in [9.17, 15) is 4.79 Å². The molecule has 1 aromatic rings. The number of rotatable bonds is 2. The van der Waals surface area contributed by atoms with E-state index in [0.29, 0.717) is 23.1 Å². The smallest absolute Gasteiger partial charge is 0.272 e. The lowest BCUT2D eigenvalue weighted by Crippen LogP contribution is -2.30. The van der Waals surface area contributed by atoms with Crippen molar-refractivity contribution in [1.29, 1.82) is 0 Å². The van der Waals surface area contributed by atoms with Crippen LogP contribution in [0.1, 0.15) is 61.8 Å². The van der Waals surface area contributed by atoms with Gasteiger partial charge in [-0.2, -0.15) is 5.10 Å². The molecule has 0 bridgehead atoms. The number of hydrogen-bond acceptors (Lipinski definition) is 2. The number of carbonyl (C=O) groups is 1. The second-order valence-electron chi connectivity index (χ2n) is 7.08. The third-order valence-corrected chi connectivity index (χ3v) is 4.50. The van der Waals surface area contributed by atoms with Crippen LogP contribution in [0.5, 0.6) is 0 Å². The van der Waals surface area contributed by atoms with Crippen LogP contribution in [-0.2, 0) is 12.8 Å². The van der Waals surface area contributed by atoms with Gasteiger partial charge < -0.3 is 5.32 Å². The van der Waals surface area contributed by atoms with Gasteiger partial charge in [0.05, 0.1) is 0 Å². The minimum absolute atomic E-state index is 0.00885. The summed E-state index contributed by atoms with van der Waals surface area (Å²) in [5.74, 6) is 0.639. The van der Waals surface area contributed by atoms with E-state index in [1.807, 2.05) is 0 Å². The second kappa shape index (κ2) is 4.36. The second-order valence-corrected chi connectivity index (χ2v) is 7.08. The standard InChI is InChI=1S/C15H23N3O/c1-15(2,3)9-4-7-12-11(8-9)13(18-17-12)14(19)16-10-5-6-10/h9-10H,4-8H2,1-3H3,(H,16,19)(H,17,18)/t9-/m1/s1. The quantitative estimate of drug-likeness (QED) is 0.859. The van der Waals surface area contributed by atoms with Crippen molar-refractivity contribution >= 4 is 5.91 Å². The van der Waals surface area contributed by atoms with E-state index in [1.54, 1.807) is 0 Å². The van der Waals surface area contributed by atoms with Gasteiger partial charge in [-0.1, -0.05) is 20.8 Å². The molecule has 0 spiro atoms. The summed E-state index contributed by atoms with van der Waals surface area (Å²) in [6.45, 7) is 6.85. The van der Waals surface area contributed by atoms with E-state index in [0.717, 1.165) is 31.2 Å². The third-order valence-electron chi connectivity index (χ3n) is 4.50. The fraction of sp³-hybridized carbons (Fsp3) is 0.733. The lowest BCUT2D eigenvalue weighted by Gasteiger charge is -2.33. The number of fused-ring (bicyclic) bond motifs is 1. The molecule has 1 saturated carbocycles. The van der Waals surface area contributed by atoms with Crippen molar-refractivity contribution in [2.75, 3.05) is 0 Å². The van der Waals surface area contributed by atoms with Crippen LogP contribution >= 0.6 is 0 Å². The molecule has 3 rings (SSSR count). The van der Waals surface area contributed by atoms with Gasteiger partial charge in [-0.25, -0.2) is 0 Å². The predicted octanol–water partition coefficient (Wildman–Crippen LogP) is 2.45. The number of nitrogens with one attached hydrogen (secondary N) is 2. The van der Waals surface area contributed by atoms with Crippen LogP contribution in [0, 0.1) is 11.3 Å². The molecule has 2 aliphatic carbocycles. The van der Waals surface area contributed by atoms with E-state index in [4.69, 9.17) is 0 Å². The summed E-state index contributed by atoms with van der Waals surface area (Å²) in [6, 6.07) is 0.391. The summed E-state index contributed by atoms with van der Waals surface area (Å²) in [4.78, 5) is 12.2. The monoisotopic (exact) mass is 261 g/mol. The van der Waals surface area contributed by atoms with Crippen LogP contribution in [0.25, 0.3) is 0 Å². The number of nitrogens with zero attached hydrogens (tertiary/aromatic N) is 1. The zero-order valence-electron chi connectivity index (χ0n) is 12.0. The van der Waals surface area contributed by atoms with Crippen LogP contribution in [0.2, 0.25) is 0 Å². The highest BCUT2D eigenvalue weighted by Gasteiger charge is 2.33. The summed E-state index contributed by atoms with van der Waals surface area (Å²) in [7, 11) is 0. The largest absolute Gasteiger partial charge is 0.348 e. The Bertz CT molecular complexity index is 494. The van der Waals surface area contributed by atoms with Crippen LogP contribution in [0.4, 0.5) is 0 Å². The number of hydrogen-bond donors (Lipinski definition) is 2. The Hall–Kier alpha value is -1.32. The summed E-state index contributed by atoms with van der Waals surface area (Å²) >= 11 is 0. The van der Waals surface area contributed by atoms with Crippen molar-refractivity contribution in [2.45, 2.75) is 58.9 Å². The molecule has 104 valence electrons.